The summed E-state index contributed by atoms with van der Waals surface area (Å²) in [7, 11) is 0. The molecule has 0 saturated heterocycles. The first-order chi connectivity index (χ1) is 7.72. The molecule has 0 aliphatic carbocycles. The summed E-state index contributed by atoms with van der Waals surface area (Å²) in [6.07, 6.45) is 0.883. The highest BCUT2D eigenvalue weighted by Gasteiger charge is 2.17. The molecule has 2 aromatic rings. The Balaban J connectivity index is 2.20. The van der Waals surface area contributed by atoms with Crippen molar-refractivity contribution in [3.63, 3.8) is 0 Å². The Bertz CT molecular complexity index is 451. The average Bonchev–Trinajstić information content (AvgIpc) is 2.88. The van der Waals surface area contributed by atoms with Crippen molar-refractivity contribution in [3.8, 4) is 0 Å². The van der Waals surface area contributed by atoms with Gasteiger partial charge in [-0.05, 0) is 29.3 Å². The van der Waals surface area contributed by atoms with Gasteiger partial charge in [0.15, 0.2) is 0 Å². The van der Waals surface area contributed by atoms with E-state index in [1.54, 1.807) is 22.7 Å². The van der Waals surface area contributed by atoms with Crippen LogP contribution in [0, 0.1) is 6.92 Å². The molecule has 86 valence electrons. The molecule has 0 bridgehead atoms. The third-order valence-electron chi connectivity index (χ3n) is 2.43. The fourth-order valence-corrected chi connectivity index (χ4v) is 3.68. The SMILES string of the molecule is Cc1csc(C(Cc2cccs2)NN)c1Cl. The highest BCUT2D eigenvalue weighted by molar-refractivity contribution is 7.11. The summed E-state index contributed by atoms with van der Waals surface area (Å²) in [5, 5.41) is 4.98. The maximum absolute atomic E-state index is 6.24. The van der Waals surface area contributed by atoms with E-state index in [-0.39, 0.29) is 6.04 Å². The number of hydrazine groups is 1. The summed E-state index contributed by atoms with van der Waals surface area (Å²) >= 11 is 9.64. The van der Waals surface area contributed by atoms with E-state index in [0.29, 0.717) is 0 Å². The smallest absolute Gasteiger partial charge is 0.0616 e. The van der Waals surface area contributed by atoms with Crippen molar-refractivity contribution in [2.75, 3.05) is 0 Å². The van der Waals surface area contributed by atoms with Crippen LogP contribution in [0.4, 0.5) is 0 Å². The Morgan fingerprint density at radius 2 is 2.31 bits per heavy atom. The van der Waals surface area contributed by atoms with Gasteiger partial charge in [-0.15, -0.1) is 22.7 Å². The van der Waals surface area contributed by atoms with Crippen LogP contribution in [0.2, 0.25) is 5.02 Å². The molecule has 0 saturated carbocycles. The lowest BCUT2D eigenvalue weighted by Gasteiger charge is -2.13. The largest absolute Gasteiger partial charge is 0.271 e. The lowest BCUT2D eigenvalue weighted by Crippen LogP contribution is -2.28. The van der Waals surface area contributed by atoms with Crippen LogP contribution in [0.15, 0.2) is 22.9 Å². The van der Waals surface area contributed by atoms with Gasteiger partial charge in [-0.1, -0.05) is 17.7 Å². The highest BCUT2D eigenvalue weighted by Crippen LogP contribution is 2.34. The molecule has 0 aromatic carbocycles. The quantitative estimate of drug-likeness (QED) is 0.660. The van der Waals surface area contributed by atoms with Crippen LogP contribution in [0.1, 0.15) is 21.4 Å². The molecule has 0 fully saturated rings. The van der Waals surface area contributed by atoms with Crippen molar-refractivity contribution in [1.82, 2.24) is 5.43 Å². The van der Waals surface area contributed by atoms with Crippen LogP contribution >= 0.6 is 34.3 Å². The fourth-order valence-electron chi connectivity index (χ4n) is 1.54. The van der Waals surface area contributed by atoms with E-state index in [1.165, 1.54) is 4.88 Å². The number of aryl methyl sites for hydroxylation is 1. The minimum absolute atomic E-state index is 0.102. The summed E-state index contributed by atoms with van der Waals surface area (Å²) in [5.74, 6) is 5.60. The molecule has 3 N–H and O–H groups in total. The Morgan fingerprint density at radius 1 is 1.50 bits per heavy atom. The van der Waals surface area contributed by atoms with Gasteiger partial charge in [0.05, 0.1) is 11.1 Å². The van der Waals surface area contributed by atoms with Crippen molar-refractivity contribution in [2.45, 2.75) is 19.4 Å². The van der Waals surface area contributed by atoms with Gasteiger partial charge in [-0.2, -0.15) is 0 Å². The zero-order valence-electron chi connectivity index (χ0n) is 8.87. The number of rotatable bonds is 4. The molecule has 16 heavy (non-hydrogen) atoms. The molecule has 0 radical (unpaired) electrons. The molecular formula is C11H13ClN2S2. The van der Waals surface area contributed by atoms with Crippen molar-refractivity contribution in [2.24, 2.45) is 5.84 Å². The molecule has 1 unspecified atom stereocenters. The summed E-state index contributed by atoms with van der Waals surface area (Å²) in [4.78, 5) is 2.43. The lowest BCUT2D eigenvalue weighted by molar-refractivity contribution is 0.564. The number of nitrogens with one attached hydrogen (secondary N) is 1. The van der Waals surface area contributed by atoms with Gasteiger partial charge in [0.1, 0.15) is 0 Å². The van der Waals surface area contributed by atoms with Crippen LogP contribution in [-0.4, -0.2) is 0 Å². The number of halogens is 1. The summed E-state index contributed by atoms with van der Waals surface area (Å²) in [6, 6.07) is 4.27. The number of nitrogens with two attached hydrogens (primary N) is 1. The van der Waals surface area contributed by atoms with Crippen LogP contribution in [-0.2, 0) is 6.42 Å². The van der Waals surface area contributed by atoms with Gasteiger partial charge in [0, 0.05) is 16.2 Å². The van der Waals surface area contributed by atoms with Crippen LogP contribution in [0.3, 0.4) is 0 Å². The Kier molecular flexibility index (Phi) is 4.00. The van der Waals surface area contributed by atoms with Crippen molar-refractivity contribution >= 4 is 34.3 Å². The summed E-state index contributed by atoms with van der Waals surface area (Å²) in [6.45, 7) is 2.01. The van der Waals surface area contributed by atoms with Crippen LogP contribution < -0.4 is 11.3 Å². The second-order valence-electron chi connectivity index (χ2n) is 3.60. The molecule has 0 spiro atoms. The molecule has 0 aliphatic heterocycles. The molecular weight excluding hydrogens is 260 g/mol. The minimum atomic E-state index is 0.102. The first-order valence-electron chi connectivity index (χ1n) is 4.94. The fraction of sp³-hybridized carbons (Fsp3) is 0.273. The summed E-state index contributed by atoms with van der Waals surface area (Å²) < 4.78 is 0. The van der Waals surface area contributed by atoms with E-state index in [4.69, 9.17) is 17.4 Å². The molecule has 2 rings (SSSR count). The highest BCUT2D eigenvalue weighted by atomic mass is 35.5. The molecule has 2 aromatic heterocycles. The summed E-state index contributed by atoms with van der Waals surface area (Å²) in [5.41, 5.74) is 3.96. The van der Waals surface area contributed by atoms with Crippen molar-refractivity contribution in [3.05, 3.63) is 43.2 Å². The maximum atomic E-state index is 6.24. The first kappa shape index (κ1) is 12.1. The van der Waals surface area contributed by atoms with E-state index in [1.807, 2.05) is 6.92 Å². The van der Waals surface area contributed by atoms with E-state index in [0.717, 1.165) is 21.9 Å². The molecule has 0 aliphatic rings. The zero-order valence-corrected chi connectivity index (χ0v) is 11.3. The van der Waals surface area contributed by atoms with Crippen molar-refractivity contribution < 1.29 is 0 Å². The third kappa shape index (κ3) is 2.47. The predicted octanol–water partition coefficient (Wildman–Crippen LogP) is 3.52. The topological polar surface area (TPSA) is 38.0 Å². The normalized spacial score (nSPS) is 12.9. The number of hydrogen-bond acceptors (Lipinski definition) is 4. The average molecular weight is 273 g/mol. The van der Waals surface area contributed by atoms with E-state index < -0.39 is 0 Å². The van der Waals surface area contributed by atoms with Gasteiger partial charge in [-0.3, -0.25) is 11.3 Å². The zero-order chi connectivity index (χ0) is 11.5. The minimum Gasteiger partial charge on any atom is -0.271 e. The van der Waals surface area contributed by atoms with Crippen LogP contribution in [0.5, 0.6) is 0 Å². The third-order valence-corrected chi connectivity index (χ3v) is 5.15. The maximum Gasteiger partial charge on any atom is 0.0616 e. The van der Waals surface area contributed by atoms with E-state index in [2.05, 4.69) is 28.3 Å². The van der Waals surface area contributed by atoms with Gasteiger partial charge in [-0.25, -0.2) is 0 Å². The van der Waals surface area contributed by atoms with Crippen LogP contribution in [0.25, 0.3) is 0 Å². The van der Waals surface area contributed by atoms with E-state index >= 15 is 0 Å². The Morgan fingerprint density at radius 3 is 2.81 bits per heavy atom. The molecule has 0 amide bonds. The molecule has 2 heterocycles. The number of thiophene rings is 2. The van der Waals surface area contributed by atoms with E-state index in [9.17, 15) is 0 Å². The number of hydrogen-bond donors (Lipinski definition) is 2. The lowest BCUT2D eigenvalue weighted by atomic mass is 10.1. The van der Waals surface area contributed by atoms with Gasteiger partial charge in [0.25, 0.3) is 0 Å². The van der Waals surface area contributed by atoms with Gasteiger partial charge in [0.2, 0.25) is 0 Å². The van der Waals surface area contributed by atoms with Gasteiger partial charge < -0.3 is 0 Å². The Labute approximate surface area is 108 Å². The van der Waals surface area contributed by atoms with Crippen molar-refractivity contribution in [1.29, 1.82) is 0 Å². The first-order valence-corrected chi connectivity index (χ1v) is 7.08. The molecule has 2 nitrogen and oxygen atoms in total. The standard InChI is InChI=1S/C11H13ClN2S2/c1-7-6-16-11(10(7)12)9(14-13)5-8-3-2-4-15-8/h2-4,6,9,14H,5,13H2,1H3. The monoisotopic (exact) mass is 272 g/mol. The molecule has 1 atom stereocenters. The molecule has 5 heteroatoms. The second kappa shape index (κ2) is 5.29. The van der Waals surface area contributed by atoms with Gasteiger partial charge >= 0.3 is 0 Å². The Hall–Kier alpha value is -0.390. The second-order valence-corrected chi connectivity index (χ2v) is 5.92. The predicted molar refractivity (Wildman–Crippen MR) is 72.2 cm³/mol.